The van der Waals surface area contributed by atoms with E-state index >= 15 is 0 Å². The lowest BCUT2D eigenvalue weighted by Crippen LogP contribution is -2.55. The quantitative estimate of drug-likeness (QED) is 0.563. The first-order chi connectivity index (χ1) is 16.7. The van der Waals surface area contributed by atoms with E-state index in [1.165, 1.54) is 0 Å². The predicted molar refractivity (Wildman–Crippen MR) is 133 cm³/mol. The Hall–Kier alpha value is -3.02. The largest absolute Gasteiger partial charge is 0.389 e. The van der Waals surface area contributed by atoms with Gasteiger partial charge in [-0.05, 0) is 25.8 Å². The maximum Gasteiger partial charge on any atom is 0.264 e. The number of rotatable bonds is 5. The third kappa shape index (κ3) is 3.29. The second kappa shape index (κ2) is 7.49. The van der Waals surface area contributed by atoms with Gasteiger partial charge in [0, 0.05) is 55.5 Å². The lowest BCUT2D eigenvalue weighted by atomic mass is 9.76. The number of hydrogen-bond acceptors (Lipinski definition) is 6. The summed E-state index contributed by atoms with van der Waals surface area (Å²) < 4.78 is 7.23. The number of fused-ring (bicyclic) bond motifs is 1. The number of aliphatic hydroxyl groups is 1. The number of benzene rings is 1. The Kier molecular flexibility index (Phi) is 4.80. The van der Waals surface area contributed by atoms with Crippen LogP contribution in [0.25, 0.3) is 21.6 Å². The van der Waals surface area contributed by atoms with E-state index in [1.54, 1.807) is 7.11 Å². The summed E-state index contributed by atoms with van der Waals surface area (Å²) in [4.78, 5) is 15.9. The molecular formula is C27H32N6O2. The lowest BCUT2D eigenvalue weighted by molar-refractivity contribution is -0.0504. The highest BCUT2D eigenvalue weighted by molar-refractivity contribution is 5.81. The van der Waals surface area contributed by atoms with Gasteiger partial charge in [0.2, 0.25) is 0 Å². The molecule has 182 valence electrons. The maximum atomic E-state index is 10.9. The van der Waals surface area contributed by atoms with Crippen LogP contribution in [0.1, 0.15) is 51.4 Å². The van der Waals surface area contributed by atoms with E-state index in [4.69, 9.17) is 21.3 Å². The van der Waals surface area contributed by atoms with Crippen molar-refractivity contribution in [2.24, 2.45) is 17.3 Å². The number of piperidine rings is 1. The second-order valence-electron chi connectivity index (χ2n) is 11.1. The zero-order valence-electron chi connectivity index (χ0n) is 20.8. The average Bonchev–Trinajstić information content (AvgIpc) is 3.71. The molecule has 2 aromatic heterocycles. The highest BCUT2D eigenvalue weighted by Crippen LogP contribution is 2.79. The highest BCUT2D eigenvalue weighted by Gasteiger charge is 2.82. The van der Waals surface area contributed by atoms with Crippen molar-refractivity contribution in [2.75, 3.05) is 25.1 Å². The number of hydrogen-bond donors (Lipinski definition) is 1. The molecule has 2 aliphatic carbocycles. The van der Waals surface area contributed by atoms with Crippen LogP contribution in [0.4, 0.5) is 5.82 Å². The van der Waals surface area contributed by atoms with E-state index in [0.29, 0.717) is 31.3 Å². The molecular weight excluding hydrogens is 440 g/mol. The van der Waals surface area contributed by atoms with E-state index in [2.05, 4.69) is 46.9 Å². The van der Waals surface area contributed by atoms with Crippen LogP contribution in [0.5, 0.6) is 0 Å². The molecule has 3 fully saturated rings. The molecule has 1 aromatic carbocycles. The fourth-order valence-corrected chi connectivity index (χ4v) is 5.99. The van der Waals surface area contributed by atoms with Crippen LogP contribution in [0.15, 0.2) is 30.5 Å². The molecule has 35 heavy (non-hydrogen) atoms. The number of ether oxygens (including phenoxy) is 1. The second-order valence-corrected chi connectivity index (χ2v) is 11.1. The van der Waals surface area contributed by atoms with Gasteiger partial charge in [-0.2, -0.15) is 5.10 Å². The summed E-state index contributed by atoms with van der Waals surface area (Å²) in [5.41, 5.74) is 1.17. The molecule has 3 aromatic rings. The summed E-state index contributed by atoms with van der Waals surface area (Å²) >= 11 is 0. The van der Waals surface area contributed by atoms with Gasteiger partial charge in [-0.25, -0.2) is 21.2 Å². The fraction of sp³-hybridized carbons (Fsp3) is 0.556. The summed E-state index contributed by atoms with van der Waals surface area (Å²) in [7, 11) is 1.64. The average molecular weight is 473 g/mol. The van der Waals surface area contributed by atoms with E-state index in [-0.39, 0.29) is 22.8 Å². The Balaban J connectivity index is 1.42. The van der Waals surface area contributed by atoms with Crippen molar-refractivity contribution in [1.82, 2.24) is 19.7 Å². The Labute approximate surface area is 205 Å². The molecule has 2 saturated carbocycles. The van der Waals surface area contributed by atoms with Gasteiger partial charge in [0.1, 0.15) is 12.4 Å². The first-order valence-electron chi connectivity index (χ1n) is 12.4. The summed E-state index contributed by atoms with van der Waals surface area (Å²) in [5.74, 6) is 2.28. The highest BCUT2D eigenvalue weighted by atomic mass is 16.5. The van der Waals surface area contributed by atoms with Gasteiger partial charge in [-0.3, -0.25) is 0 Å². The minimum atomic E-state index is -0.711. The van der Waals surface area contributed by atoms with Gasteiger partial charge >= 0.3 is 0 Å². The molecule has 0 amide bonds. The molecule has 0 radical (unpaired) electrons. The van der Waals surface area contributed by atoms with Gasteiger partial charge in [0.25, 0.3) is 5.54 Å². The monoisotopic (exact) mass is 472 g/mol. The summed E-state index contributed by atoms with van der Waals surface area (Å²) in [6.45, 7) is 15.7. The smallest absolute Gasteiger partial charge is 0.264 e. The van der Waals surface area contributed by atoms with Gasteiger partial charge in [-0.1, -0.05) is 26.0 Å². The normalized spacial score (nSPS) is 31.0. The molecule has 0 bridgehead atoms. The van der Waals surface area contributed by atoms with Crippen molar-refractivity contribution in [3.63, 3.8) is 0 Å². The van der Waals surface area contributed by atoms with E-state index in [9.17, 15) is 5.11 Å². The molecule has 8 heteroatoms. The van der Waals surface area contributed by atoms with Gasteiger partial charge in [0.05, 0.1) is 22.7 Å². The van der Waals surface area contributed by atoms with Crippen LogP contribution >= 0.6 is 0 Å². The first kappa shape index (κ1) is 22.4. The Morgan fingerprint density at radius 2 is 1.86 bits per heavy atom. The van der Waals surface area contributed by atoms with Crippen molar-refractivity contribution in [3.05, 3.63) is 53.3 Å². The predicted octanol–water partition coefficient (Wildman–Crippen LogP) is 4.10. The Morgan fingerprint density at radius 1 is 1.14 bits per heavy atom. The zero-order chi connectivity index (χ0) is 24.6. The van der Waals surface area contributed by atoms with Crippen molar-refractivity contribution >= 4 is 16.7 Å². The molecule has 1 N–H and O–H groups in total. The van der Waals surface area contributed by atoms with Gasteiger partial charge in [0.15, 0.2) is 11.6 Å². The van der Waals surface area contributed by atoms with Crippen LogP contribution in [0.3, 0.4) is 0 Å². The summed E-state index contributed by atoms with van der Waals surface area (Å²) in [5, 5.41) is 16.6. The molecule has 3 heterocycles. The Bertz CT molecular complexity index is 1340. The lowest BCUT2D eigenvalue weighted by Gasteiger charge is -2.46. The van der Waals surface area contributed by atoms with Crippen LogP contribution in [0.2, 0.25) is 0 Å². The Morgan fingerprint density at radius 3 is 2.49 bits per heavy atom. The topological polar surface area (TPSA) is 80.7 Å². The first-order valence-corrected chi connectivity index (χ1v) is 12.4. The number of aromatic nitrogens is 4. The third-order valence-corrected chi connectivity index (χ3v) is 8.98. The summed E-state index contributed by atoms with van der Waals surface area (Å²) in [6, 6.07) is 8.28. The molecule has 1 unspecified atom stereocenters. The van der Waals surface area contributed by atoms with Crippen molar-refractivity contribution in [3.8, 4) is 5.82 Å². The number of nitrogens with zero attached hydrogens (tertiary/aromatic N) is 6. The SMILES string of the molecule is [C-]#[N+][C@@]1(c2ccc3cnn(-c4cc(N5C[C@@H](C)C(C)(O)[C@@H](C)C5)nc(COC)n4)c3c2)CC12CC2. The molecule has 1 aliphatic heterocycles. The molecule has 6 rings (SSSR count). The molecule has 1 saturated heterocycles. The number of anilines is 1. The fourth-order valence-electron chi connectivity index (χ4n) is 5.99. The van der Waals surface area contributed by atoms with Crippen LogP contribution in [0, 0.1) is 23.8 Å². The minimum Gasteiger partial charge on any atom is -0.389 e. The van der Waals surface area contributed by atoms with E-state index < -0.39 is 5.60 Å². The summed E-state index contributed by atoms with van der Waals surface area (Å²) in [6.07, 6.45) is 5.13. The molecule has 8 nitrogen and oxygen atoms in total. The van der Waals surface area contributed by atoms with Crippen LogP contribution in [-0.2, 0) is 16.9 Å². The minimum absolute atomic E-state index is 0.0988. The molecule has 1 spiro atoms. The van der Waals surface area contributed by atoms with E-state index in [0.717, 1.165) is 41.5 Å². The molecule has 4 atom stereocenters. The van der Waals surface area contributed by atoms with Crippen molar-refractivity contribution in [1.29, 1.82) is 0 Å². The van der Waals surface area contributed by atoms with Gasteiger partial charge in [-0.15, -0.1) is 0 Å². The third-order valence-electron chi connectivity index (χ3n) is 8.98. The van der Waals surface area contributed by atoms with Crippen molar-refractivity contribution in [2.45, 2.75) is 57.8 Å². The van der Waals surface area contributed by atoms with Crippen LogP contribution in [-0.4, -0.2) is 50.7 Å². The number of methoxy groups -OCH3 is 1. The van der Waals surface area contributed by atoms with Gasteiger partial charge < -0.3 is 19.6 Å². The van der Waals surface area contributed by atoms with Crippen LogP contribution < -0.4 is 4.90 Å². The standard InChI is InChI=1S/C27H32N6O2/c1-17-13-32(14-18(2)25(17,3)34)23-11-24(31-22(30-23)15-35-5)33-21-10-20(7-6-19(21)12-29-33)27(28-4)16-26(27)8-9-26/h6-7,10-12,17-18,34H,8-9,13-16H2,1-3,5H3/t17-,18+,25?,27-/m1/s1. The maximum absolute atomic E-state index is 10.9. The van der Waals surface area contributed by atoms with E-state index in [1.807, 2.05) is 23.9 Å². The zero-order valence-corrected chi connectivity index (χ0v) is 20.8. The molecule has 3 aliphatic rings. The van der Waals surface area contributed by atoms with Crippen molar-refractivity contribution < 1.29 is 9.84 Å².